The fraction of sp³-hybridized carbons (Fsp3) is 0.875. The molecule has 0 aliphatic heterocycles. The van der Waals surface area contributed by atoms with Crippen LogP contribution in [0.1, 0.15) is 79.1 Å². The van der Waals surface area contributed by atoms with Crippen LogP contribution in [0, 0.1) is 11.8 Å². The molecule has 0 amide bonds. The van der Waals surface area contributed by atoms with Gasteiger partial charge in [0, 0.05) is 33.3 Å². The second kappa shape index (κ2) is 17.7. The summed E-state index contributed by atoms with van der Waals surface area (Å²) in [5.74, 6) is 0.0510. The fourth-order valence-corrected chi connectivity index (χ4v) is 1.66. The Morgan fingerprint density at radius 3 is 1.19 bits per heavy atom. The molecule has 0 atom stereocenters. The quantitative estimate of drug-likeness (QED) is 0.420. The van der Waals surface area contributed by atoms with Crippen molar-refractivity contribution in [3.63, 3.8) is 0 Å². The molecule has 21 heavy (non-hydrogen) atoms. The van der Waals surface area contributed by atoms with Crippen LogP contribution in [0.5, 0.6) is 0 Å². The summed E-state index contributed by atoms with van der Waals surface area (Å²) in [5.41, 5.74) is 0. The zero-order valence-corrected chi connectivity index (χ0v) is 15.4. The van der Waals surface area contributed by atoms with Gasteiger partial charge in [-0.3, -0.25) is 9.59 Å². The number of hydrogen-bond acceptors (Lipinski definition) is 2. The minimum absolute atomic E-state index is 0. The van der Waals surface area contributed by atoms with Gasteiger partial charge in [0.1, 0.15) is 0 Å². The van der Waals surface area contributed by atoms with Crippen molar-refractivity contribution in [1.29, 1.82) is 0 Å². The van der Waals surface area contributed by atoms with E-state index in [1.54, 1.807) is 0 Å². The Bertz CT molecular complexity index is 227. The summed E-state index contributed by atoms with van der Waals surface area (Å²) in [7, 11) is 0. The van der Waals surface area contributed by atoms with Crippen molar-refractivity contribution < 1.29 is 40.2 Å². The molecule has 130 valence electrons. The first-order chi connectivity index (χ1) is 9.25. The molecule has 0 saturated carbocycles. The number of carboxylic acids is 2. The van der Waals surface area contributed by atoms with Crippen LogP contribution < -0.4 is 0 Å². The van der Waals surface area contributed by atoms with Crippen LogP contribution in [0.4, 0.5) is 0 Å². The van der Waals surface area contributed by atoms with E-state index in [1.807, 2.05) is 0 Å². The zero-order chi connectivity index (χ0) is 16.0. The van der Waals surface area contributed by atoms with Gasteiger partial charge in [0.2, 0.25) is 0 Å². The maximum atomic E-state index is 10.0. The molecule has 0 aromatic heterocycles. The monoisotopic (exact) mass is 394 g/mol. The topological polar surface area (TPSA) is 74.6 Å². The molecule has 0 unspecified atom stereocenters. The first-order valence-electron chi connectivity index (χ1n) is 7.69. The third-order valence-electron chi connectivity index (χ3n) is 2.84. The number of rotatable bonds is 10. The van der Waals surface area contributed by atoms with Crippen molar-refractivity contribution in [2.24, 2.45) is 11.8 Å². The number of unbranched alkanes of at least 4 members (excludes halogenated alkanes) is 2. The molecule has 2 N–H and O–H groups in total. The molecule has 0 saturated heterocycles. The predicted octanol–water partition coefficient (Wildman–Crippen LogP) is 4.57. The van der Waals surface area contributed by atoms with Crippen LogP contribution in [0.3, 0.4) is 0 Å². The molecule has 5 heteroatoms. The fourth-order valence-electron chi connectivity index (χ4n) is 1.66. The minimum Gasteiger partial charge on any atom is -0.481 e. The van der Waals surface area contributed by atoms with Crippen LogP contribution in [0.2, 0.25) is 0 Å². The van der Waals surface area contributed by atoms with Gasteiger partial charge in [0.15, 0.2) is 0 Å². The maximum Gasteiger partial charge on any atom is 0.303 e. The van der Waals surface area contributed by atoms with Crippen LogP contribution >= 0.6 is 0 Å². The molecule has 0 radical (unpaired) electrons. The van der Waals surface area contributed by atoms with E-state index < -0.39 is 11.9 Å². The smallest absolute Gasteiger partial charge is 0.303 e. The summed E-state index contributed by atoms with van der Waals surface area (Å²) < 4.78 is 0. The van der Waals surface area contributed by atoms with Gasteiger partial charge in [0.05, 0.1) is 0 Å². The zero-order valence-electron chi connectivity index (χ0n) is 13.8. The van der Waals surface area contributed by atoms with Crippen molar-refractivity contribution >= 4 is 11.9 Å². The van der Waals surface area contributed by atoms with Gasteiger partial charge in [-0.25, -0.2) is 0 Å². The average Bonchev–Trinajstić information content (AvgIpc) is 2.30. The molecule has 0 aliphatic rings. The van der Waals surface area contributed by atoms with E-state index in [9.17, 15) is 9.59 Å². The van der Waals surface area contributed by atoms with Crippen molar-refractivity contribution in [2.75, 3.05) is 0 Å². The average molecular weight is 395 g/mol. The van der Waals surface area contributed by atoms with E-state index in [0.29, 0.717) is 24.7 Å². The molecule has 0 aromatic carbocycles. The third kappa shape index (κ3) is 32.8. The molecule has 0 heterocycles. The Labute approximate surface area is 143 Å². The SMILES string of the molecule is CC(C)CCCCC(=O)O.CC(C)CCCCC(=O)O.[Pd]. The Hall–Kier alpha value is -0.398. The molecular formula is C16H32O4Pd. The molecule has 0 rings (SSSR count). The van der Waals surface area contributed by atoms with E-state index >= 15 is 0 Å². The van der Waals surface area contributed by atoms with Gasteiger partial charge in [-0.1, -0.05) is 53.4 Å². The second-order valence-electron chi connectivity index (χ2n) is 6.07. The molecule has 0 fully saturated rings. The van der Waals surface area contributed by atoms with Gasteiger partial charge in [-0.2, -0.15) is 0 Å². The van der Waals surface area contributed by atoms with Crippen molar-refractivity contribution in [2.45, 2.75) is 79.1 Å². The summed E-state index contributed by atoms with van der Waals surface area (Å²) in [5, 5.41) is 16.6. The number of carbonyl (C=O) groups is 2. The Morgan fingerprint density at radius 2 is 1.00 bits per heavy atom. The maximum absolute atomic E-state index is 10.0. The first-order valence-corrected chi connectivity index (χ1v) is 7.69. The number of aliphatic carboxylic acids is 2. The van der Waals surface area contributed by atoms with Crippen LogP contribution in [0.25, 0.3) is 0 Å². The minimum atomic E-state index is -0.677. The Kier molecular flexibility index (Phi) is 21.5. The molecule has 0 bridgehead atoms. The molecule has 4 nitrogen and oxygen atoms in total. The molecular weight excluding hydrogens is 363 g/mol. The molecule has 0 aliphatic carbocycles. The van der Waals surface area contributed by atoms with Crippen LogP contribution in [0.15, 0.2) is 0 Å². The van der Waals surface area contributed by atoms with E-state index in [0.717, 1.165) is 38.5 Å². The summed E-state index contributed by atoms with van der Waals surface area (Å²) in [4.78, 5) is 20.1. The number of hydrogen-bond donors (Lipinski definition) is 2. The summed E-state index contributed by atoms with van der Waals surface area (Å²) >= 11 is 0. The van der Waals surface area contributed by atoms with E-state index in [1.165, 1.54) is 0 Å². The van der Waals surface area contributed by atoms with Crippen molar-refractivity contribution in [1.82, 2.24) is 0 Å². The largest absolute Gasteiger partial charge is 0.481 e. The van der Waals surface area contributed by atoms with Crippen molar-refractivity contribution in [3.8, 4) is 0 Å². The molecule has 0 spiro atoms. The van der Waals surface area contributed by atoms with Gasteiger partial charge in [-0.15, -0.1) is 0 Å². The summed E-state index contributed by atoms with van der Waals surface area (Å²) in [6.07, 6.45) is 6.69. The van der Waals surface area contributed by atoms with Gasteiger partial charge >= 0.3 is 11.9 Å². The van der Waals surface area contributed by atoms with Crippen molar-refractivity contribution in [3.05, 3.63) is 0 Å². The second-order valence-corrected chi connectivity index (χ2v) is 6.07. The summed E-state index contributed by atoms with van der Waals surface area (Å²) in [6.45, 7) is 8.61. The number of carboxylic acid groups (broad SMARTS) is 2. The normalized spacial score (nSPS) is 9.81. The Morgan fingerprint density at radius 1 is 0.714 bits per heavy atom. The van der Waals surface area contributed by atoms with Crippen LogP contribution in [-0.4, -0.2) is 22.2 Å². The summed E-state index contributed by atoms with van der Waals surface area (Å²) in [6, 6.07) is 0. The first kappa shape index (κ1) is 25.6. The van der Waals surface area contributed by atoms with E-state index in [2.05, 4.69) is 27.7 Å². The van der Waals surface area contributed by atoms with Crippen LogP contribution in [-0.2, 0) is 30.0 Å². The van der Waals surface area contributed by atoms with Gasteiger partial charge in [0.25, 0.3) is 0 Å². The van der Waals surface area contributed by atoms with Gasteiger partial charge < -0.3 is 10.2 Å². The standard InChI is InChI=1S/2C8H16O2.Pd/c2*1-7(2)5-3-4-6-8(9)10;/h2*7H,3-6H2,1-2H3,(H,9,10);. The third-order valence-corrected chi connectivity index (χ3v) is 2.84. The predicted molar refractivity (Wildman–Crippen MR) is 81.9 cm³/mol. The van der Waals surface area contributed by atoms with Gasteiger partial charge in [-0.05, 0) is 24.7 Å². The van der Waals surface area contributed by atoms with E-state index in [-0.39, 0.29) is 20.4 Å². The molecule has 0 aromatic rings. The Balaban J connectivity index is -0.000000295. The van der Waals surface area contributed by atoms with E-state index in [4.69, 9.17) is 10.2 Å².